The number of aromatic nitrogens is 1. The normalized spacial score (nSPS) is 16.8. The molecule has 0 aromatic carbocycles. The second-order valence-corrected chi connectivity index (χ2v) is 5.23. The van der Waals surface area contributed by atoms with E-state index < -0.39 is 17.1 Å². The van der Waals surface area contributed by atoms with Crippen LogP contribution in [-0.2, 0) is 17.9 Å². The van der Waals surface area contributed by atoms with E-state index in [1.54, 1.807) is 0 Å². The van der Waals surface area contributed by atoms with Crippen LogP contribution in [0.3, 0.4) is 0 Å². The van der Waals surface area contributed by atoms with Crippen molar-refractivity contribution in [3.8, 4) is 5.75 Å². The zero-order valence-electron chi connectivity index (χ0n) is 11.4. The predicted molar refractivity (Wildman–Crippen MR) is 73.7 cm³/mol. The van der Waals surface area contributed by atoms with Crippen molar-refractivity contribution in [2.45, 2.75) is 38.8 Å². The second kappa shape index (κ2) is 6.56. The molecule has 1 saturated heterocycles. The molecular weight excluding hydrogens is 260 g/mol. The van der Waals surface area contributed by atoms with Crippen molar-refractivity contribution in [2.24, 2.45) is 0 Å². The molecule has 0 spiro atoms. The van der Waals surface area contributed by atoms with Crippen LogP contribution in [0.2, 0.25) is 0 Å². The van der Waals surface area contributed by atoms with Crippen LogP contribution < -0.4 is 5.43 Å². The molecule has 1 fully saturated rings. The maximum absolute atomic E-state index is 11.6. The van der Waals surface area contributed by atoms with E-state index in [1.165, 1.54) is 29.7 Å². The van der Waals surface area contributed by atoms with Gasteiger partial charge in [-0.2, -0.15) is 0 Å². The topological polar surface area (TPSA) is 82.8 Å². The van der Waals surface area contributed by atoms with Gasteiger partial charge in [-0.25, -0.2) is 0 Å². The number of carboxylic acids is 1. The molecule has 6 nitrogen and oxygen atoms in total. The van der Waals surface area contributed by atoms with Crippen LogP contribution >= 0.6 is 0 Å². The lowest BCUT2D eigenvalue weighted by molar-refractivity contribution is -0.137. The van der Waals surface area contributed by atoms with Gasteiger partial charge < -0.3 is 14.8 Å². The van der Waals surface area contributed by atoms with Gasteiger partial charge in [-0.1, -0.05) is 12.8 Å². The molecule has 20 heavy (non-hydrogen) atoms. The summed E-state index contributed by atoms with van der Waals surface area (Å²) in [4.78, 5) is 24.7. The number of carboxylic acid groups (broad SMARTS) is 1. The van der Waals surface area contributed by atoms with E-state index in [1.807, 2.05) is 0 Å². The Hall–Kier alpha value is -1.82. The van der Waals surface area contributed by atoms with Crippen LogP contribution in [-0.4, -0.2) is 38.7 Å². The smallest absolute Gasteiger partial charge is 0.323 e. The van der Waals surface area contributed by atoms with Gasteiger partial charge in [0.25, 0.3) is 0 Å². The Labute approximate surface area is 117 Å². The van der Waals surface area contributed by atoms with Crippen molar-refractivity contribution in [1.82, 2.24) is 9.47 Å². The summed E-state index contributed by atoms with van der Waals surface area (Å²) in [6.07, 6.45) is 5.90. The summed E-state index contributed by atoms with van der Waals surface area (Å²) in [5.41, 5.74) is 0.175. The van der Waals surface area contributed by atoms with Crippen LogP contribution in [0.25, 0.3) is 0 Å². The van der Waals surface area contributed by atoms with Gasteiger partial charge in [0.15, 0.2) is 5.75 Å². The fraction of sp³-hybridized carbons (Fsp3) is 0.571. The van der Waals surface area contributed by atoms with Crippen molar-refractivity contribution in [3.05, 3.63) is 28.2 Å². The summed E-state index contributed by atoms with van der Waals surface area (Å²) in [6.45, 7) is 2.21. The van der Waals surface area contributed by atoms with Crippen LogP contribution in [0, 0.1) is 0 Å². The number of aromatic hydroxyl groups is 1. The van der Waals surface area contributed by atoms with Gasteiger partial charge in [0, 0.05) is 18.3 Å². The van der Waals surface area contributed by atoms with Crippen molar-refractivity contribution in [3.63, 3.8) is 0 Å². The lowest BCUT2D eigenvalue weighted by atomic mass is 10.2. The van der Waals surface area contributed by atoms with E-state index in [-0.39, 0.29) is 6.54 Å². The maximum Gasteiger partial charge on any atom is 0.323 e. The highest BCUT2D eigenvalue weighted by Gasteiger charge is 2.14. The van der Waals surface area contributed by atoms with Gasteiger partial charge in [0.1, 0.15) is 6.54 Å². The first-order chi connectivity index (χ1) is 9.56. The van der Waals surface area contributed by atoms with Gasteiger partial charge in [-0.05, 0) is 25.9 Å². The molecule has 1 aliphatic heterocycles. The molecule has 0 unspecified atom stereocenters. The molecule has 1 aliphatic rings. The molecule has 0 saturated carbocycles. The van der Waals surface area contributed by atoms with Crippen molar-refractivity contribution >= 4 is 5.97 Å². The molecule has 6 heteroatoms. The Morgan fingerprint density at radius 3 is 2.45 bits per heavy atom. The largest absolute Gasteiger partial charge is 0.503 e. The highest BCUT2D eigenvalue weighted by molar-refractivity contribution is 5.66. The highest BCUT2D eigenvalue weighted by Crippen LogP contribution is 2.14. The predicted octanol–water partition coefficient (Wildman–Crippen LogP) is 1.01. The molecule has 0 aliphatic carbocycles. The van der Waals surface area contributed by atoms with E-state index in [4.69, 9.17) is 5.11 Å². The number of rotatable bonds is 4. The van der Waals surface area contributed by atoms with E-state index >= 15 is 0 Å². The monoisotopic (exact) mass is 280 g/mol. The summed E-state index contributed by atoms with van der Waals surface area (Å²) < 4.78 is 1.43. The molecule has 0 bridgehead atoms. The van der Waals surface area contributed by atoms with E-state index in [0.717, 1.165) is 25.9 Å². The summed E-state index contributed by atoms with van der Waals surface area (Å²) in [7, 11) is 0. The molecular formula is C14H20N2O4. The number of pyridine rings is 1. The number of carbonyl (C=O) groups is 1. The molecule has 2 heterocycles. The van der Waals surface area contributed by atoms with Crippen LogP contribution in [0.4, 0.5) is 0 Å². The third-order valence-electron chi connectivity index (χ3n) is 3.59. The Morgan fingerprint density at radius 1 is 1.20 bits per heavy atom. The molecule has 2 rings (SSSR count). The lowest BCUT2D eigenvalue weighted by Gasteiger charge is -2.22. The van der Waals surface area contributed by atoms with Crippen LogP contribution in [0.1, 0.15) is 31.4 Å². The minimum atomic E-state index is -0.995. The zero-order chi connectivity index (χ0) is 14.5. The molecule has 0 atom stereocenters. The first kappa shape index (κ1) is 14.6. The second-order valence-electron chi connectivity index (χ2n) is 5.23. The molecule has 0 amide bonds. The standard InChI is InChI=1S/C14H20N2O4/c17-12-7-11(8-15-5-3-1-2-4-6-15)16(9-13(12)18)10-14(19)20/h7,9,18H,1-6,8,10H2,(H,19,20). The average Bonchev–Trinajstić information content (AvgIpc) is 2.63. The van der Waals surface area contributed by atoms with Gasteiger partial charge >= 0.3 is 5.97 Å². The number of hydrogen-bond donors (Lipinski definition) is 2. The summed E-state index contributed by atoms with van der Waals surface area (Å²) in [5.74, 6) is -1.41. The lowest BCUT2D eigenvalue weighted by Crippen LogP contribution is -2.28. The Morgan fingerprint density at radius 2 is 1.85 bits per heavy atom. The number of likely N-dealkylation sites (tertiary alicyclic amines) is 1. The minimum absolute atomic E-state index is 0.253. The third kappa shape index (κ3) is 3.84. The fourth-order valence-corrected chi connectivity index (χ4v) is 2.56. The first-order valence-corrected chi connectivity index (χ1v) is 6.93. The van der Waals surface area contributed by atoms with Crippen LogP contribution in [0.15, 0.2) is 17.1 Å². The molecule has 1 aromatic rings. The van der Waals surface area contributed by atoms with E-state index in [2.05, 4.69) is 4.90 Å². The summed E-state index contributed by atoms with van der Waals surface area (Å²) in [5, 5.41) is 18.4. The van der Waals surface area contributed by atoms with Gasteiger partial charge in [-0.15, -0.1) is 0 Å². The third-order valence-corrected chi connectivity index (χ3v) is 3.59. The summed E-state index contributed by atoms with van der Waals surface area (Å²) >= 11 is 0. The SMILES string of the molecule is O=C(O)Cn1cc(O)c(=O)cc1CN1CCCCCC1. The maximum atomic E-state index is 11.6. The number of aliphatic carboxylic acids is 1. The van der Waals surface area contributed by atoms with Gasteiger partial charge in [0.05, 0.1) is 6.20 Å². The molecule has 0 radical (unpaired) electrons. The van der Waals surface area contributed by atoms with Crippen molar-refractivity contribution in [2.75, 3.05) is 13.1 Å². The molecule has 1 aromatic heterocycles. The highest BCUT2D eigenvalue weighted by atomic mass is 16.4. The first-order valence-electron chi connectivity index (χ1n) is 6.93. The van der Waals surface area contributed by atoms with Gasteiger partial charge in [-0.3, -0.25) is 14.5 Å². The minimum Gasteiger partial charge on any atom is -0.503 e. The summed E-state index contributed by atoms with van der Waals surface area (Å²) in [6, 6.07) is 1.34. The quantitative estimate of drug-likeness (QED) is 0.860. The number of nitrogens with zero attached hydrogens (tertiary/aromatic N) is 2. The van der Waals surface area contributed by atoms with E-state index in [0.29, 0.717) is 12.2 Å². The van der Waals surface area contributed by atoms with Crippen molar-refractivity contribution in [1.29, 1.82) is 0 Å². The average molecular weight is 280 g/mol. The van der Waals surface area contributed by atoms with E-state index in [9.17, 15) is 14.7 Å². The Bertz CT molecular complexity index is 530. The fourth-order valence-electron chi connectivity index (χ4n) is 2.56. The number of hydrogen-bond acceptors (Lipinski definition) is 4. The molecule has 110 valence electrons. The molecule has 2 N–H and O–H groups in total. The Kier molecular flexibility index (Phi) is 4.79. The Balaban J connectivity index is 2.21. The van der Waals surface area contributed by atoms with Crippen LogP contribution in [0.5, 0.6) is 5.75 Å². The van der Waals surface area contributed by atoms with Crippen molar-refractivity contribution < 1.29 is 15.0 Å². The zero-order valence-corrected chi connectivity index (χ0v) is 11.4. The van der Waals surface area contributed by atoms with Gasteiger partial charge in [0.2, 0.25) is 5.43 Å².